The van der Waals surface area contributed by atoms with Crippen molar-refractivity contribution < 1.29 is 18.3 Å². The molecule has 0 aliphatic carbocycles. The van der Waals surface area contributed by atoms with Gasteiger partial charge in [-0.05, 0) is 36.2 Å². The summed E-state index contributed by atoms with van der Waals surface area (Å²) in [5, 5.41) is 8.83. The Labute approximate surface area is 172 Å². The molecule has 3 rings (SSSR count). The zero-order chi connectivity index (χ0) is 21.0. The van der Waals surface area contributed by atoms with E-state index in [2.05, 4.69) is 10.2 Å². The van der Waals surface area contributed by atoms with Crippen LogP contribution in [0.15, 0.2) is 47.6 Å². The second kappa shape index (κ2) is 9.17. The van der Waals surface area contributed by atoms with Crippen molar-refractivity contribution in [1.82, 2.24) is 14.8 Å². The van der Waals surface area contributed by atoms with Crippen molar-refractivity contribution in [2.75, 3.05) is 12.9 Å². The summed E-state index contributed by atoms with van der Waals surface area (Å²) >= 11 is 1.19. The molecule has 0 aliphatic heterocycles. The maximum absolute atomic E-state index is 14.2. The fraction of sp³-hybridized carbons (Fsp3) is 0.286. The zero-order valence-corrected chi connectivity index (χ0v) is 17.2. The number of carbonyl (C=O) groups is 1. The van der Waals surface area contributed by atoms with Crippen molar-refractivity contribution in [3.63, 3.8) is 0 Å². The Balaban J connectivity index is 1.83. The molecule has 152 valence electrons. The van der Waals surface area contributed by atoms with Crippen molar-refractivity contribution in [3.05, 3.63) is 59.7 Å². The summed E-state index contributed by atoms with van der Waals surface area (Å²) in [4.78, 5) is 12.5. The number of hydrogen-bond donors (Lipinski definition) is 0. The molecule has 0 unspecified atom stereocenters. The minimum Gasteiger partial charge on any atom is -0.494 e. The van der Waals surface area contributed by atoms with Gasteiger partial charge in [-0.25, -0.2) is 8.78 Å². The predicted octanol–water partition coefficient (Wildman–Crippen LogP) is 4.86. The van der Waals surface area contributed by atoms with Crippen LogP contribution in [0.2, 0.25) is 0 Å². The number of thioether (sulfide) groups is 1. The molecule has 0 N–H and O–H groups in total. The Morgan fingerprint density at radius 2 is 1.90 bits per heavy atom. The number of nitrogens with zero attached hydrogens (tertiary/aromatic N) is 3. The molecule has 2 aromatic carbocycles. The Morgan fingerprint density at radius 3 is 2.55 bits per heavy atom. The number of halogens is 2. The molecule has 0 fully saturated rings. The quantitative estimate of drug-likeness (QED) is 0.387. The molecular weight excluding hydrogens is 396 g/mol. The third kappa shape index (κ3) is 4.82. The Morgan fingerprint density at radius 1 is 1.14 bits per heavy atom. The smallest absolute Gasteiger partial charge is 0.191 e. The summed E-state index contributed by atoms with van der Waals surface area (Å²) in [6.45, 7) is 4.64. The van der Waals surface area contributed by atoms with Crippen molar-refractivity contribution in [2.45, 2.75) is 25.5 Å². The number of methoxy groups -OCH3 is 1. The highest BCUT2D eigenvalue weighted by molar-refractivity contribution is 7.99. The first-order chi connectivity index (χ1) is 13.9. The van der Waals surface area contributed by atoms with Crippen molar-refractivity contribution in [1.29, 1.82) is 0 Å². The van der Waals surface area contributed by atoms with E-state index in [0.29, 0.717) is 23.1 Å². The zero-order valence-electron chi connectivity index (χ0n) is 16.4. The van der Waals surface area contributed by atoms with E-state index in [-0.39, 0.29) is 34.6 Å². The van der Waals surface area contributed by atoms with Crippen LogP contribution in [0.5, 0.6) is 5.75 Å². The molecule has 8 heteroatoms. The van der Waals surface area contributed by atoms with Crippen LogP contribution < -0.4 is 4.74 Å². The van der Waals surface area contributed by atoms with E-state index in [9.17, 15) is 13.6 Å². The Hall–Kier alpha value is -2.74. The van der Waals surface area contributed by atoms with E-state index in [4.69, 9.17) is 4.74 Å². The molecule has 0 radical (unpaired) electrons. The number of ether oxygens (including phenoxy) is 1. The minimum absolute atomic E-state index is 0.0548. The first-order valence-electron chi connectivity index (χ1n) is 9.08. The molecule has 0 spiro atoms. The summed E-state index contributed by atoms with van der Waals surface area (Å²) in [5.41, 5.74) is 0.608. The topological polar surface area (TPSA) is 57.0 Å². The molecule has 0 saturated heterocycles. The highest BCUT2D eigenvalue weighted by atomic mass is 32.2. The molecular formula is C21H21F2N3O2S. The summed E-state index contributed by atoms with van der Waals surface area (Å²) in [6.07, 6.45) is 0. The molecule has 5 nitrogen and oxygen atoms in total. The van der Waals surface area contributed by atoms with Gasteiger partial charge in [0.1, 0.15) is 5.82 Å². The Bertz CT molecular complexity index is 1020. The van der Waals surface area contributed by atoms with Crippen LogP contribution >= 0.6 is 11.8 Å². The molecule has 1 heterocycles. The minimum atomic E-state index is -0.590. The fourth-order valence-electron chi connectivity index (χ4n) is 2.82. The SMILES string of the molecule is COc1ccc(C(=O)CSc2nnc(-c3ccccc3F)n2CC(C)C)cc1F. The van der Waals surface area contributed by atoms with Crippen LogP contribution in [-0.2, 0) is 6.54 Å². The number of aromatic nitrogens is 3. The number of Topliss-reactive ketones (excluding diaryl/α,β-unsaturated/α-hetero) is 1. The molecule has 0 bridgehead atoms. The van der Waals surface area contributed by atoms with E-state index >= 15 is 0 Å². The first-order valence-corrected chi connectivity index (χ1v) is 10.1. The van der Waals surface area contributed by atoms with Crippen molar-refractivity contribution in [3.8, 4) is 17.1 Å². The summed E-state index contributed by atoms with van der Waals surface area (Å²) in [6, 6.07) is 10.5. The first kappa shape index (κ1) is 21.0. The summed E-state index contributed by atoms with van der Waals surface area (Å²) < 4.78 is 34.8. The van der Waals surface area contributed by atoms with Crippen LogP contribution in [-0.4, -0.2) is 33.4 Å². The van der Waals surface area contributed by atoms with Gasteiger partial charge in [0.05, 0.1) is 18.4 Å². The van der Waals surface area contributed by atoms with Crippen LogP contribution in [0.4, 0.5) is 8.78 Å². The van der Waals surface area contributed by atoms with E-state index in [1.54, 1.807) is 18.2 Å². The molecule has 1 aromatic heterocycles. The van der Waals surface area contributed by atoms with E-state index < -0.39 is 5.82 Å². The highest BCUT2D eigenvalue weighted by Gasteiger charge is 2.19. The van der Waals surface area contributed by atoms with Crippen molar-refractivity contribution in [2.24, 2.45) is 5.92 Å². The maximum Gasteiger partial charge on any atom is 0.191 e. The lowest BCUT2D eigenvalue weighted by molar-refractivity contribution is 0.102. The van der Waals surface area contributed by atoms with Crippen LogP contribution in [0, 0.1) is 17.6 Å². The van der Waals surface area contributed by atoms with Gasteiger partial charge in [0.15, 0.2) is 28.3 Å². The number of ketones is 1. The normalized spacial score (nSPS) is 11.1. The van der Waals surface area contributed by atoms with Gasteiger partial charge in [0, 0.05) is 12.1 Å². The largest absolute Gasteiger partial charge is 0.494 e. The van der Waals surface area contributed by atoms with Crippen LogP contribution in [0.1, 0.15) is 24.2 Å². The van der Waals surface area contributed by atoms with E-state index in [0.717, 1.165) is 6.07 Å². The Kier molecular flexibility index (Phi) is 6.64. The maximum atomic E-state index is 14.2. The number of benzene rings is 2. The summed E-state index contributed by atoms with van der Waals surface area (Å²) in [5.74, 6) is -0.397. The van der Waals surface area contributed by atoms with Crippen LogP contribution in [0.3, 0.4) is 0 Å². The van der Waals surface area contributed by atoms with Gasteiger partial charge in [-0.3, -0.25) is 4.79 Å². The molecule has 3 aromatic rings. The van der Waals surface area contributed by atoms with Gasteiger partial charge >= 0.3 is 0 Å². The second-order valence-corrected chi connectivity index (χ2v) is 7.79. The second-order valence-electron chi connectivity index (χ2n) is 6.85. The molecule has 0 atom stereocenters. The van der Waals surface area contributed by atoms with E-state index in [1.165, 1.54) is 37.1 Å². The van der Waals surface area contributed by atoms with Crippen molar-refractivity contribution >= 4 is 17.5 Å². The third-order valence-electron chi connectivity index (χ3n) is 4.19. The monoisotopic (exact) mass is 417 g/mol. The molecule has 0 aliphatic rings. The lowest BCUT2D eigenvalue weighted by Gasteiger charge is -2.12. The van der Waals surface area contributed by atoms with Gasteiger partial charge in [-0.1, -0.05) is 37.7 Å². The fourth-order valence-corrected chi connectivity index (χ4v) is 3.66. The number of carbonyl (C=O) groups excluding carboxylic acids is 1. The van der Waals surface area contributed by atoms with Gasteiger partial charge in [0.25, 0.3) is 0 Å². The van der Waals surface area contributed by atoms with Crippen LogP contribution in [0.25, 0.3) is 11.4 Å². The average Bonchev–Trinajstić information content (AvgIpc) is 3.08. The molecule has 29 heavy (non-hydrogen) atoms. The number of rotatable bonds is 8. The lowest BCUT2D eigenvalue weighted by atomic mass is 10.1. The molecule has 0 amide bonds. The predicted molar refractivity (Wildman–Crippen MR) is 108 cm³/mol. The number of hydrogen-bond acceptors (Lipinski definition) is 5. The molecule has 0 saturated carbocycles. The summed E-state index contributed by atoms with van der Waals surface area (Å²) in [7, 11) is 1.37. The lowest BCUT2D eigenvalue weighted by Crippen LogP contribution is -2.10. The van der Waals surface area contributed by atoms with Gasteiger partial charge < -0.3 is 9.30 Å². The average molecular weight is 417 g/mol. The standard InChI is InChI=1S/C21H21F2N3O2S/c1-13(2)11-26-20(15-6-4-5-7-16(15)22)24-25-21(26)29-12-18(27)14-8-9-19(28-3)17(23)10-14/h4-10,13H,11-12H2,1-3H3. The van der Waals surface area contributed by atoms with Gasteiger partial charge in [-0.15, -0.1) is 10.2 Å². The van der Waals surface area contributed by atoms with Gasteiger partial charge in [0.2, 0.25) is 0 Å². The highest BCUT2D eigenvalue weighted by Crippen LogP contribution is 2.27. The third-order valence-corrected chi connectivity index (χ3v) is 5.15. The van der Waals surface area contributed by atoms with Gasteiger partial charge in [-0.2, -0.15) is 0 Å². The van der Waals surface area contributed by atoms with E-state index in [1.807, 2.05) is 18.4 Å².